The Labute approximate surface area is 229 Å². The fourth-order valence-corrected chi connectivity index (χ4v) is 4.23. The van der Waals surface area contributed by atoms with Crippen molar-refractivity contribution in [2.75, 3.05) is 13.7 Å². The van der Waals surface area contributed by atoms with E-state index in [2.05, 4.69) is 10.1 Å². The van der Waals surface area contributed by atoms with Crippen LogP contribution in [0.4, 0.5) is 13.6 Å². The number of carboxylic acid groups (broad SMARTS) is 1. The fraction of sp³-hybridized carbons (Fsp3) is 0.357. The molecule has 0 radical (unpaired) electrons. The van der Waals surface area contributed by atoms with Crippen molar-refractivity contribution in [2.45, 2.75) is 46.3 Å². The number of ether oxygens (including phenoxy) is 2. The first kappa shape index (κ1) is 28.5. The summed E-state index contributed by atoms with van der Waals surface area (Å²) in [5, 5.41) is 13.5. The maximum atomic E-state index is 15.0. The SMILES string of the molecule is Cc1c(CCOc2c(-c3ccc4ncc(CN(C)C(=O)OC(C)(C)C)n4c3)ccc(F)c2F)c(C(=O)O)nn1C. The number of imidazole rings is 1. The number of aromatic nitrogens is 4. The van der Waals surface area contributed by atoms with Crippen molar-refractivity contribution in [3.05, 3.63) is 70.9 Å². The molecule has 0 bridgehead atoms. The summed E-state index contributed by atoms with van der Waals surface area (Å²) in [5.74, 6) is -3.72. The Morgan fingerprint density at radius 1 is 1.15 bits per heavy atom. The topological polar surface area (TPSA) is 111 Å². The molecule has 0 aliphatic carbocycles. The molecule has 10 nitrogen and oxygen atoms in total. The second kappa shape index (κ2) is 10.9. The Kier molecular flexibility index (Phi) is 7.81. The van der Waals surface area contributed by atoms with E-state index >= 15 is 4.39 Å². The highest BCUT2D eigenvalue weighted by molar-refractivity contribution is 5.87. The number of hydrogen-bond donors (Lipinski definition) is 1. The summed E-state index contributed by atoms with van der Waals surface area (Å²) in [6, 6.07) is 5.85. The molecule has 0 spiro atoms. The number of rotatable bonds is 8. The number of carbonyl (C=O) groups is 2. The van der Waals surface area contributed by atoms with Crippen LogP contribution in [0.5, 0.6) is 5.75 Å². The van der Waals surface area contributed by atoms with Crippen molar-refractivity contribution in [1.29, 1.82) is 0 Å². The summed E-state index contributed by atoms with van der Waals surface area (Å²) >= 11 is 0. The molecule has 0 atom stereocenters. The van der Waals surface area contributed by atoms with Gasteiger partial charge in [-0.25, -0.2) is 19.0 Å². The van der Waals surface area contributed by atoms with Crippen LogP contribution in [0.3, 0.4) is 0 Å². The summed E-state index contributed by atoms with van der Waals surface area (Å²) in [7, 11) is 3.24. The lowest BCUT2D eigenvalue weighted by Gasteiger charge is -2.24. The van der Waals surface area contributed by atoms with Gasteiger partial charge in [-0.2, -0.15) is 9.49 Å². The van der Waals surface area contributed by atoms with E-state index in [0.29, 0.717) is 33.7 Å². The van der Waals surface area contributed by atoms with Gasteiger partial charge < -0.3 is 23.9 Å². The Balaban J connectivity index is 1.62. The average Bonchev–Trinajstić information content (AvgIpc) is 3.40. The van der Waals surface area contributed by atoms with Crippen LogP contribution in [0, 0.1) is 18.6 Å². The Morgan fingerprint density at radius 2 is 1.88 bits per heavy atom. The number of carboxylic acids is 1. The quantitative estimate of drug-likeness (QED) is 0.325. The standard InChI is InChI=1S/C28H31F2N5O5/c1-16-19(24(26(36)37)32-34(16)6)11-12-39-25-20(8-9-21(29)23(25)30)17-7-10-22-31-13-18(35(22)14-17)15-33(5)27(38)40-28(2,3)4/h7-10,13-14H,11-12,15H2,1-6H3,(H,36,37). The number of amides is 1. The van der Waals surface area contributed by atoms with Gasteiger partial charge in [0, 0.05) is 49.1 Å². The predicted molar refractivity (Wildman–Crippen MR) is 142 cm³/mol. The van der Waals surface area contributed by atoms with Crippen molar-refractivity contribution in [1.82, 2.24) is 24.1 Å². The summed E-state index contributed by atoms with van der Waals surface area (Å²) in [6.45, 7) is 7.15. The molecule has 0 unspecified atom stereocenters. The van der Waals surface area contributed by atoms with E-state index in [1.807, 2.05) is 0 Å². The summed E-state index contributed by atoms with van der Waals surface area (Å²) in [4.78, 5) is 29.8. The van der Waals surface area contributed by atoms with E-state index in [-0.39, 0.29) is 31.0 Å². The van der Waals surface area contributed by atoms with Gasteiger partial charge in [0.1, 0.15) is 11.2 Å². The van der Waals surface area contributed by atoms with E-state index in [1.165, 1.54) is 15.6 Å². The maximum absolute atomic E-state index is 15.0. The lowest BCUT2D eigenvalue weighted by Crippen LogP contribution is -2.34. The van der Waals surface area contributed by atoms with Crippen molar-refractivity contribution >= 4 is 17.7 Å². The predicted octanol–water partition coefficient (Wildman–Crippen LogP) is 5.01. The Bertz CT molecular complexity index is 1590. The Hall–Kier alpha value is -4.48. The van der Waals surface area contributed by atoms with Crippen LogP contribution in [0.2, 0.25) is 0 Å². The van der Waals surface area contributed by atoms with Gasteiger partial charge >= 0.3 is 12.1 Å². The van der Waals surface area contributed by atoms with Gasteiger partial charge in [0.25, 0.3) is 0 Å². The molecule has 4 rings (SSSR count). The van der Waals surface area contributed by atoms with Gasteiger partial charge in [0.2, 0.25) is 5.82 Å². The monoisotopic (exact) mass is 555 g/mol. The molecule has 1 amide bonds. The first-order chi connectivity index (χ1) is 18.8. The molecular formula is C28H31F2N5O5. The van der Waals surface area contributed by atoms with Gasteiger partial charge in [0.05, 0.1) is 25.0 Å². The van der Waals surface area contributed by atoms with Gasteiger partial charge in [-0.1, -0.05) is 0 Å². The van der Waals surface area contributed by atoms with Crippen molar-refractivity contribution in [2.24, 2.45) is 7.05 Å². The lowest BCUT2D eigenvalue weighted by molar-refractivity contribution is 0.0282. The number of benzene rings is 1. The molecule has 0 fully saturated rings. The van der Waals surface area contributed by atoms with E-state index < -0.39 is 29.3 Å². The molecule has 0 saturated carbocycles. The smallest absolute Gasteiger partial charge is 0.410 e. The van der Waals surface area contributed by atoms with Crippen LogP contribution in [-0.4, -0.2) is 60.5 Å². The van der Waals surface area contributed by atoms with E-state index in [1.54, 1.807) is 70.7 Å². The highest BCUT2D eigenvalue weighted by Gasteiger charge is 2.23. The third-order valence-corrected chi connectivity index (χ3v) is 6.31. The lowest BCUT2D eigenvalue weighted by atomic mass is 10.1. The second-order valence-electron chi connectivity index (χ2n) is 10.4. The van der Waals surface area contributed by atoms with E-state index in [0.717, 1.165) is 6.07 Å². The molecule has 0 aliphatic heterocycles. The number of fused-ring (bicyclic) bond motifs is 1. The maximum Gasteiger partial charge on any atom is 0.410 e. The molecule has 3 aromatic heterocycles. The summed E-state index contributed by atoms with van der Waals surface area (Å²) in [6.07, 6.45) is 2.95. The molecule has 1 N–H and O–H groups in total. The normalized spacial score (nSPS) is 11.6. The van der Waals surface area contributed by atoms with Gasteiger partial charge in [0.15, 0.2) is 17.3 Å². The highest BCUT2D eigenvalue weighted by atomic mass is 19.2. The minimum absolute atomic E-state index is 0.112. The summed E-state index contributed by atoms with van der Waals surface area (Å²) < 4.78 is 43.6. The second-order valence-corrected chi connectivity index (χ2v) is 10.4. The zero-order chi connectivity index (χ0) is 29.4. The molecule has 0 saturated heterocycles. The molecule has 1 aromatic carbocycles. The van der Waals surface area contributed by atoms with Crippen LogP contribution < -0.4 is 4.74 Å². The number of nitrogens with zero attached hydrogens (tertiary/aromatic N) is 5. The fourth-order valence-electron chi connectivity index (χ4n) is 4.23. The minimum Gasteiger partial charge on any atom is -0.489 e. The number of carbonyl (C=O) groups excluding carboxylic acids is 1. The molecule has 212 valence electrons. The van der Waals surface area contributed by atoms with Crippen molar-refractivity contribution in [3.8, 4) is 16.9 Å². The molecule has 4 aromatic rings. The van der Waals surface area contributed by atoms with Crippen molar-refractivity contribution in [3.63, 3.8) is 0 Å². The van der Waals surface area contributed by atoms with Crippen LogP contribution in [0.25, 0.3) is 16.8 Å². The minimum atomic E-state index is -1.18. The van der Waals surface area contributed by atoms with E-state index in [4.69, 9.17) is 9.47 Å². The largest absolute Gasteiger partial charge is 0.489 e. The number of halogens is 2. The summed E-state index contributed by atoms with van der Waals surface area (Å²) in [5.41, 5.74) is 2.40. The zero-order valence-electron chi connectivity index (χ0n) is 23.2. The van der Waals surface area contributed by atoms with Crippen LogP contribution >= 0.6 is 0 Å². The molecule has 3 heterocycles. The third-order valence-electron chi connectivity index (χ3n) is 6.31. The average molecular weight is 556 g/mol. The van der Waals surface area contributed by atoms with Crippen LogP contribution in [0.15, 0.2) is 36.7 Å². The number of aromatic carboxylic acids is 1. The van der Waals surface area contributed by atoms with E-state index in [9.17, 15) is 19.1 Å². The van der Waals surface area contributed by atoms with Gasteiger partial charge in [-0.15, -0.1) is 0 Å². The molecule has 12 heteroatoms. The number of pyridine rings is 1. The van der Waals surface area contributed by atoms with Gasteiger partial charge in [-0.3, -0.25) is 4.68 Å². The van der Waals surface area contributed by atoms with Crippen LogP contribution in [-0.2, 0) is 24.8 Å². The zero-order valence-corrected chi connectivity index (χ0v) is 23.2. The number of aryl methyl sites for hydroxylation is 1. The molecule has 0 aliphatic rings. The first-order valence-electron chi connectivity index (χ1n) is 12.5. The first-order valence-corrected chi connectivity index (χ1v) is 12.5. The molecular weight excluding hydrogens is 524 g/mol. The molecule has 40 heavy (non-hydrogen) atoms. The van der Waals surface area contributed by atoms with Crippen molar-refractivity contribution < 1.29 is 33.0 Å². The third kappa shape index (κ3) is 5.90. The van der Waals surface area contributed by atoms with Gasteiger partial charge in [-0.05, 0) is 52.0 Å². The van der Waals surface area contributed by atoms with Crippen LogP contribution in [0.1, 0.15) is 48.2 Å². The highest BCUT2D eigenvalue weighted by Crippen LogP contribution is 2.34. The number of hydrogen-bond acceptors (Lipinski definition) is 6. The Morgan fingerprint density at radius 3 is 2.55 bits per heavy atom.